The summed E-state index contributed by atoms with van der Waals surface area (Å²) < 4.78 is 8.98. The summed E-state index contributed by atoms with van der Waals surface area (Å²) >= 11 is 7.59. The predicted octanol–water partition coefficient (Wildman–Crippen LogP) is 6.65. The zero-order valence-corrected chi connectivity index (χ0v) is 24.8. The van der Waals surface area contributed by atoms with Gasteiger partial charge in [0.05, 0.1) is 40.4 Å². The minimum Gasteiger partial charge on any atom is -0.494 e. The lowest BCUT2D eigenvalue weighted by molar-refractivity contribution is -0.123. The molecule has 1 aliphatic rings. The van der Waals surface area contributed by atoms with Gasteiger partial charge in [0.25, 0.3) is 0 Å². The molecule has 8 nitrogen and oxygen atoms in total. The zero-order valence-electron chi connectivity index (χ0n) is 23.2. The number of methoxy groups -OCH3 is 1. The first-order valence-corrected chi connectivity index (χ1v) is 14.5. The molecule has 3 aromatic heterocycles. The molecular formula is C31H30N6O2S2. The Morgan fingerprint density at radius 3 is 2.61 bits per heavy atom. The van der Waals surface area contributed by atoms with Crippen molar-refractivity contribution in [2.75, 3.05) is 17.3 Å². The van der Waals surface area contributed by atoms with Crippen LogP contribution in [-0.4, -0.2) is 32.7 Å². The van der Waals surface area contributed by atoms with Crippen LogP contribution in [0.5, 0.6) is 5.75 Å². The first kappa shape index (κ1) is 26.9. The maximum absolute atomic E-state index is 12.7. The van der Waals surface area contributed by atoms with Crippen LogP contribution in [0.3, 0.4) is 0 Å². The standard InChI is InChI=1S/C31H30N6O2S2/c1-31(2,3)28(38)33-20-15-14-19(18-24(20)39-4)37-27(26(35-29(37)40)22-11-7-8-16-32-22)23-12-9-17-36(23)30-34-21-10-5-6-13-25(21)41-30/h5-18,26-27H,1-4H3,(H,33,38)(H,35,40)/t26-,27+/m1/s1. The maximum atomic E-state index is 12.7. The molecule has 2 atom stereocenters. The number of para-hydroxylation sites is 1. The van der Waals surface area contributed by atoms with Crippen LogP contribution in [-0.2, 0) is 4.79 Å². The van der Waals surface area contributed by atoms with E-state index in [-0.39, 0.29) is 18.0 Å². The number of nitrogens with one attached hydrogen (secondary N) is 2. The Balaban J connectivity index is 1.45. The van der Waals surface area contributed by atoms with Gasteiger partial charge in [-0.25, -0.2) is 4.98 Å². The fraction of sp³-hybridized carbons (Fsp3) is 0.226. The third-order valence-electron chi connectivity index (χ3n) is 7.06. The number of amides is 1. The third kappa shape index (κ3) is 5.05. The number of thiazole rings is 1. The number of benzene rings is 2. The molecule has 6 rings (SSSR count). The lowest BCUT2D eigenvalue weighted by Gasteiger charge is -2.29. The lowest BCUT2D eigenvalue weighted by Crippen LogP contribution is -2.30. The number of fused-ring (bicyclic) bond motifs is 1. The molecule has 5 aromatic rings. The molecule has 0 radical (unpaired) electrons. The van der Waals surface area contributed by atoms with E-state index in [4.69, 9.17) is 21.9 Å². The van der Waals surface area contributed by atoms with E-state index >= 15 is 0 Å². The summed E-state index contributed by atoms with van der Waals surface area (Å²) in [6.45, 7) is 5.63. The number of pyridine rings is 1. The Hall–Kier alpha value is -4.28. The number of nitrogens with zero attached hydrogens (tertiary/aromatic N) is 4. The highest BCUT2D eigenvalue weighted by atomic mass is 32.1. The van der Waals surface area contributed by atoms with Crippen LogP contribution in [0.2, 0.25) is 0 Å². The van der Waals surface area contributed by atoms with E-state index in [1.807, 2.05) is 87.6 Å². The quantitative estimate of drug-likeness (QED) is 0.217. The zero-order chi connectivity index (χ0) is 28.7. The van der Waals surface area contributed by atoms with Crippen molar-refractivity contribution in [1.29, 1.82) is 0 Å². The Kier molecular flexibility index (Phi) is 6.96. The molecule has 4 heterocycles. The van der Waals surface area contributed by atoms with Crippen molar-refractivity contribution in [3.8, 4) is 10.9 Å². The van der Waals surface area contributed by atoms with Crippen molar-refractivity contribution in [3.63, 3.8) is 0 Å². The number of rotatable bonds is 6. The van der Waals surface area contributed by atoms with Crippen molar-refractivity contribution in [2.45, 2.75) is 32.9 Å². The number of thiocarbonyl (C=S) groups is 1. The molecule has 0 bridgehead atoms. The van der Waals surface area contributed by atoms with E-state index in [1.165, 1.54) is 0 Å². The van der Waals surface area contributed by atoms with Gasteiger partial charge in [0.2, 0.25) is 5.91 Å². The van der Waals surface area contributed by atoms with Crippen LogP contribution in [0.15, 0.2) is 85.2 Å². The van der Waals surface area contributed by atoms with E-state index in [0.29, 0.717) is 16.5 Å². The van der Waals surface area contributed by atoms with Gasteiger partial charge in [-0.1, -0.05) is 50.3 Å². The second-order valence-electron chi connectivity index (χ2n) is 10.9. The molecule has 0 unspecified atom stereocenters. The minimum atomic E-state index is -0.544. The summed E-state index contributed by atoms with van der Waals surface area (Å²) in [5.41, 5.74) is 3.73. The molecule has 1 aliphatic heterocycles. The van der Waals surface area contributed by atoms with Crippen LogP contribution in [0.4, 0.5) is 11.4 Å². The highest BCUT2D eigenvalue weighted by Crippen LogP contribution is 2.44. The Labute approximate surface area is 248 Å². The molecule has 0 spiro atoms. The molecule has 0 saturated carbocycles. The highest BCUT2D eigenvalue weighted by Gasteiger charge is 2.42. The molecule has 1 amide bonds. The third-order valence-corrected chi connectivity index (χ3v) is 8.41. The number of carbonyl (C=O) groups is 1. The Morgan fingerprint density at radius 2 is 1.88 bits per heavy atom. The summed E-state index contributed by atoms with van der Waals surface area (Å²) in [5.74, 6) is 0.452. The van der Waals surface area contributed by atoms with Crippen molar-refractivity contribution in [3.05, 3.63) is 96.6 Å². The molecule has 41 heavy (non-hydrogen) atoms. The van der Waals surface area contributed by atoms with Gasteiger partial charge in [-0.2, -0.15) is 0 Å². The van der Waals surface area contributed by atoms with Crippen LogP contribution >= 0.6 is 23.6 Å². The molecule has 208 valence electrons. The fourth-order valence-corrected chi connectivity index (χ4v) is 6.26. The van der Waals surface area contributed by atoms with E-state index in [9.17, 15) is 4.79 Å². The summed E-state index contributed by atoms with van der Waals surface area (Å²) in [4.78, 5) is 24.4. The number of ether oxygens (including phenoxy) is 1. The number of hydrogen-bond donors (Lipinski definition) is 2. The van der Waals surface area contributed by atoms with Gasteiger partial charge in [0.15, 0.2) is 10.2 Å². The average Bonchev–Trinajstić information content (AvgIpc) is 3.69. The Bertz CT molecular complexity index is 1710. The van der Waals surface area contributed by atoms with Crippen LogP contribution in [0, 0.1) is 5.41 Å². The van der Waals surface area contributed by atoms with Gasteiger partial charge in [-0.05, 0) is 60.7 Å². The van der Waals surface area contributed by atoms with Gasteiger partial charge in [-0.3, -0.25) is 14.3 Å². The van der Waals surface area contributed by atoms with E-state index in [1.54, 1.807) is 24.6 Å². The van der Waals surface area contributed by atoms with Gasteiger partial charge in [0.1, 0.15) is 11.8 Å². The largest absolute Gasteiger partial charge is 0.494 e. The smallest absolute Gasteiger partial charge is 0.229 e. The summed E-state index contributed by atoms with van der Waals surface area (Å²) in [5, 5.41) is 7.96. The van der Waals surface area contributed by atoms with Gasteiger partial charge < -0.3 is 20.3 Å². The number of carbonyl (C=O) groups excluding carboxylic acids is 1. The lowest BCUT2D eigenvalue weighted by atomic mass is 9.95. The van der Waals surface area contributed by atoms with Crippen LogP contribution in [0.25, 0.3) is 15.3 Å². The molecule has 2 aromatic carbocycles. The number of anilines is 2. The predicted molar refractivity (Wildman–Crippen MR) is 168 cm³/mol. The van der Waals surface area contributed by atoms with Gasteiger partial charge in [0, 0.05) is 29.6 Å². The van der Waals surface area contributed by atoms with Crippen molar-refractivity contribution < 1.29 is 9.53 Å². The normalized spacial score (nSPS) is 17.1. The molecule has 1 saturated heterocycles. The summed E-state index contributed by atoms with van der Waals surface area (Å²) in [7, 11) is 1.60. The molecular weight excluding hydrogens is 553 g/mol. The van der Waals surface area contributed by atoms with E-state index in [0.717, 1.165) is 32.4 Å². The topological polar surface area (TPSA) is 84.3 Å². The maximum Gasteiger partial charge on any atom is 0.229 e. The molecule has 1 fully saturated rings. The molecule has 2 N–H and O–H groups in total. The second-order valence-corrected chi connectivity index (χ2v) is 12.2. The molecule has 0 aliphatic carbocycles. The number of aromatic nitrogens is 3. The summed E-state index contributed by atoms with van der Waals surface area (Å²) in [6, 6.07) is 23.4. The van der Waals surface area contributed by atoms with Crippen LogP contribution in [0.1, 0.15) is 44.2 Å². The second kappa shape index (κ2) is 10.6. The minimum absolute atomic E-state index is 0.0938. The van der Waals surface area contributed by atoms with Gasteiger partial charge in [-0.15, -0.1) is 0 Å². The molecule has 10 heteroatoms. The first-order chi connectivity index (χ1) is 19.7. The van der Waals surface area contributed by atoms with Gasteiger partial charge >= 0.3 is 0 Å². The van der Waals surface area contributed by atoms with Crippen molar-refractivity contribution >= 4 is 56.2 Å². The summed E-state index contributed by atoms with van der Waals surface area (Å²) in [6.07, 6.45) is 3.83. The number of hydrogen-bond acceptors (Lipinski definition) is 6. The highest BCUT2D eigenvalue weighted by molar-refractivity contribution is 7.80. The van der Waals surface area contributed by atoms with Crippen molar-refractivity contribution in [1.82, 2.24) is 19.9 Å². The van der Waals surface area contributed by atoms with Crippen LogP contribution < -0.4 is 20.3 Å². The average molecular weight is 583 g/mol. The first-order valence-electron chi connectivity index (χ1n) is 13.3. The fourth-order valence-electron chi connectivity index (χ4n) is 4.95. The van der Waals surface area contributed by atoms with E-state index in [2.05, 4.69) is 37.2 Å². The SMILES string of the molecule is COc1cc(N2C(=S)N[C@H](c3ccccn3)[C@@H]2c2cccn2-c2nc3ccccc3s2)ccc1NC(=O)C(C)(C)C. The van der Waals surface area contributed by atoms with E-state index < -0.39 is 5.41 Å². The van der Waals surface area contributed by atoms with Crippen molar-refractivity contribution in [2.24, 2.45) is 5.41 Å². The monoisotopic (exact) mass is 582 g/mol. The Morgan fingerprint density at radius 1 is 1.07 bits per heavy atom.